The second kappa shape index (κ2) is 11.1. The predicted octanol–water partition coefficient (Wildman–Crippen LogP) is 3.94. The van der Waals surface area contributed by atoms with Crippen LogP contribution in [0.1, 0.15) is 66.6 Å². The van der Waals surface area contributed by atoms with Crippen LogP contribution in [-0.2, 0) is 16.1 Å². The molecule has 2 aromatic rings. The van der Waals surface area contributed by atoms with Crippen LogP contribution in [0, 0.1) is 0 Å². The van der Waals surface area contributed by atoms with E-state index in [1.807, 2.05) is 32.9 Å². The lowest BCUT2D eigenvalue weighted by Gasteiger charge is -2.31. The predicted molar refractivity (Wildman–Crippen MR) is 134 cm³/mol. The van der Waals surface area contributed by atoms with E-state index in [0.717, 1.165) is 18.4 Å². The van der Waals surface area contributed by atoms with Crippen molar-refractivity contribution >= 4 is 24.0 Å². The standard InChI is InChI=1S/C27H33N3O5/c1-27(2,3)35-26(34)29-17-19-5-4-6-21(15-19)20-11-13-30(14-12-20)24(32)10-8-18-7-9-23(31)22(16-18)25(28)33/h4-10,15-16,20,31H,11-14,17H2,1-3H3,(H2,28,33)(H,29,34)/b10-8+. The fraction of sp³-hybridized carbons (Fsp3) is 0.370. The number of phenols is 1. The number of ether oxygens (including phenoxy) is 1. The number of piperidine rings is 1. The molecule has 0 saturated carbocycles. The molecule has 35 heavy (non-hydrogen) atoms. The lowest BCUT2D eigenvalue weighted by Crippen LogP contribution is -2.36. The number of hydrogen-bond donors (Lipinski definition) is 3. The number of likely N-dealkylation sites (tertiary alicyclic amines) is 1. The van der Waals surface area contributed by atoms with Crippen LogP contribution in [-0.4, -0.2) is 46.6 Å². The fourth-order valence-corrected chi connectivity index (χ4v) is 4.01. The van der Waals surface area contributed by atoms with Crippen molar-refractivity contribution in [3.63, 3.8) is 0 Å². The Morgan fingerprint density at radius 2 is 1.86 bits per heavy atom. The van der Waals surface area contributed by atoms with E-state index in [0.29, 0.717) is 31.1 Å². The van der Waals surface area contributed by atoms with Crippen molar-refractivity contribution in [3.8, 4) is 5.75 Å². The van der Waals surface area contributed by atoms with Crippen molar-refractivity contribution in [1.29, 1.82) is 0 Å². The molecular formula is C27H33N3O5. The number of nitrogens with two attached hydrogens (primary N) is 1. The van der Waals surface area contributed by atoms with E-state index in [4.69, 9.17) is 10.5 Å². The molecule has 0 unspecified atom stereocenters. The van der Waals surface area contributed by atoms with Crippen LogP contribution in [0.4, 0.5) is 4.79 Å². The Hall–Kier alpha value is -3.81. The van der Waals surface area contributed by atoms with E-state index >= 15 is 0 Å². The number of aromatic hydroxyl groups is 1. The molecule has 0 aliphatic carbocycles. The van der Waals surface area contributed by atoms with Crippen LogP contribution in [0.25, 0.3) is 6.08 Å². The molecule has 1 aliphatic rings. The van der Waals surface area contributed by atoms with Crippen molar-refractivity contribution in [2.45, 2.75) is 51.7 Å². The monoisotopic (exact) mass is 479 g/mol. The molecule has 0 aromatic heterocycles. The van der Waals surface area contributed by atoms with Gasteiger partial charge in [-0.05, 0) is 74.4 Å². The topological polar surface area (TPSA) is 122 Å². The number of carbonyl (C=O) groups excluding carboxylic acids is 3. The summed E-state index contributed by atoms with van der Waals surface area (Å²) in [7, 11) is 0. The normalized spacial score (nSPS) is 14.7. The number of nitrogens with zero attached hydrogens (tertiary/aromatic N) is 1. The third kappa shape index (κ3) is 7.60. The quantitative estimate of drug-likeness (QED) is 0.542. The van der Waals surface area contributed by atoms with Crippen molar-refractivity contribution in [2.75, 3.05) is 13.1 Å². The molecule has 0 spiro atoms. The Morgan fingerprint density at radius 1 is 1.14 bits per heavy atom. The lowest BCUT2D eigenvalue weighted by atomic mass is 9.88. The third-order valence-corrected chi connectivity index (χ3v) is 5.77. The third-order valence-electron chi connectivity index (χ3n) is 5.77. The maximum atomic E-state index is 12.6. The van der Waals surface area contributed by atoms with Gasteiger partial charge >= 0.3 is 6.09 Å². The van der Waals surface area contributed by atoms with Gasteiger partial charge in [0.2, 0.25) is 5.91 Å². The van der Waals surface area contributed by atoms with Crippen molar-refractivity contribution in [3.05, 3.63) is 70.8 Å². The molecule has 8 heteroatoms. The minimum atomic E-state index is -0.726. The first-order valence-electron chi connectivity index (χ1n) is 11.7. The second-order valence-electron chi connectivity index (χ2n) is 9.67. The maximum Gasteiger partial charge on any atom is 0.407 e. The number of rotatable bonds is 6. The molecule has 0 radical (unpaired) electrons. The van der Waals surface area contributed by atoms with Crippen LogP contribution in [0.3, 0.4) is 0 Å². The number of hydrogen-bond acceptors (Lipinski definition) is 5. The highest BCUT2D eigenvalue weighted by Crippen LogP contribution is 2.29. The molecule has 3 rings (SSSR count). The Bertz CT molecular complexity index is 1110. The molecule has 4 N–H and O–H groups in total. The Balaban J connectivity index is 1.53. The van der Waals surface area contributed by atoms with Crippen LogP contribution < -0.4 is 11.1 Å². The zero-order chi connectivity index (χ0) is 25.6. The van der Waals surface area contributed by atoms with Gasteiger partial charge < -0.3 is 25.8 Å². The zero-order valence-corrected chi connectivity index (χ0v) is 20.4. The summed E-state index contributed by atoms with van der Waals surface area (Å²) in [6.45, 7) is 7.14. The van der Waals surface area contributed by atoms with Crippen LogP contribution >= 0.6 is 0 Å². The van der Waals surface area contributed by atoms with Gasteiger partial charge in [0, 0.05) is 25.7 Å². The average molecular weight is 480 g/mol. The van der Waals surface area contributed by atoms with Crippen LogP contribution in [0.15, 0.2) is 48.5 Å². The van der Waals surface area contributed by atoms with E-state index in [9.17, 15) is 19.5 Å². The lowest BCUT2D eigenvalue weighted by molar-refractivity contribution is -0.126. The molecule has 1 saturated heterocycles. The molecular weight excluding hydrogens is 446 g/mol. The molecule has 0 bridgehead atoms. The van der Waals surface area contributed by atoms with E-state index < -0.39 is 17.6 Å². The summed E-state index contributed by atoms with van der Waals surface area (Å²) in [4.78, 5) is 37.7. The minimum Gasteiger partial charge on any atom is -0.507 e. The van der Waals surface area contributed by atoms with Gasteiger partial charge in [-0.3, -0.25) is 9.59 Å². The van der Waals surface area contributed by atoms with E-state index in [2.05, 4.69) is 17.4 Å². The molecule has 2 aromatic carbocycles. The largest absolute Gasteiger partial charge is 0.507 e. The SMILES string of the molecule is CC(C)(C)OC(=O)NCc1cccc(C2CCN(C(=O)/C=C/c3ccc(O)c(C(N)=O)c3)CC2)c1. The molecule has 0 atom stereocenters. The van der Waals surface area contributed by atoms with Gasteiger partial charge in [-0.1, -0.05) is 30.3 Å². The maximum absolute atomic E-state index is 12.6. The van der Waals surface area contributed by atoms with Gasteiger partial charge in [-0.2, -0.15) is 0 Å². The number of benzene rings is 2. The van der Waals surface area contributed by atoms with Crippen LogP contribution in [0.5, 0.6) is 5.75 Å². The van der Waals surface area contributed by atoms with Gasteiger partial charge in [0.1, 0.15) is 11.4 Å². The van der Waals surface area contributed by atoms with Gasteiger partial charge in [-0.25, -0.2) is 4.79 Å². The van der Waals surface area contributed by atoms with E-state index in [-0.39, 0.29) is 17.2 Å². The number of amides is 3. The first kappa shape index (κ1) is 25.8. The van der Waals surface area contributed by atoms with Gasteiger partial charge in [0.25, 0.3) is 5.91 Å². The van der Waals surface area contributed by atoms with Gasteiger partial charge in [-0.15, -0.1) is 0 Å². The molecule has 1 heterocycles. The van der Waals surface area contributed by atoms with Gasteiger partial charge in [0.15, 0.2) is 0 Å². The molecule has 3 amide bonds. The Labute approximate surface area is 205 Å². The number of carbonyl (C=O) groups is 3. The fourth-order valence-electron chi connectivity index (χ4n) is 4.01. The van der Waals surface area contributed by atoms with Crippen molar-refractivity contribution < 1.29 is 24.2 Å². The van der Waals surface area contributed by atoms with Crippen molar-refractivity contribution in [2.24, 2.45) is 5.73 Å². The molecule has 186 valence electrons. The summed E-state index contributed by atoms with van der Waals surface area (Å²) in [5.41, 5.74) is 7.54. The molecule has 1 fully saturated rings. The van der Waals surface area contributed by atoms with Gasteiger partial charge in [0.05, 0.1) is 5.56 Å². The highest BCUT2D eigenvalue weighted by atomic mass is 16.6. The number of alkyl carbamates (subject to hydrolysis) is 1. The average Bonchev–Trinajstić information content (AvgIpc) is 2.81. The molecule has 1 aliphatic heterocycles. The van der Waals surface area contributed by atoms with Crippen LogP contribution in [0.2, 0.25) is 0 Å². The number of primary amides is 1. The first-order valence-corrected chi connectivity index (χ1v) is 11.7. The first-order chi connectivity index (χ1) is 16.5. The second-order valence-corrected chi connectivity index (χ2v) is 9.67. The number of nitrogens with one attached hydrogen (secondary N) is 1. The highest BCUT2D eigenvalue weighted by Gasteiger charge is 2.23. The van der Waals surface area contributed by atoms with E-state index in [1.165, 1.54) is 23.8 Å². The zero-order valence-electron chi connectivity index (χ0n) is 20.4. The summed E-state index contributed by atoms with van der Waals surface area (Å²) >= 11 is 0. The summed E-state index contributed by atoms with van der Waals surface area (Å²) in [6, 6.07) is 12.6. The summed E-state index contributed by atoms with van der Waals surface area (Å²) in [5.74, 6) is -0.684. The Kier molecular flexibility index (Phi) is 8.17. The summed E-state index contributed by atoms with van der Waals surface area (Å²) in [6.07, 6.45) is 4.32. The smallest absolute Gasteiger partial charge is 0.407 e. The van der Waals surface area contributed by atoms with Crippen molar-refractivity contribution in [1.82, 2.24) is 10.2 Å². The minimum absolute atomic E-state index is 0.0175. The molecule has 8 nitrogen and oxygen atoms in total. The summed E-state index contributed by atoms with van der Waals surface area (Å²) < 4.78 is 5.29. The highest BCUT2D eigenvalue weighted by molar-refractivity contribution is 5.97. The van der Waals surface area contributed by atoms with E-state index in [1.54, 1.807) is 17.0 Å². The summed E-state index contributed by atoms with van der Waals surface area (Å²) in [5, 5.41) is 12.5. The Morgan fingerprint density at radius 3 is 2.51 bits per heavy atom.